The first-order chi connectivity index (χ1) is 22.0. The molecule has 0 bridgehead atoms. The van der Waals surface area contributed by atoms with E-state index in [1.54, 1.807) is 24.3 Å². The third-order valence-corrected chi connectivity index (χ3v) is 9.58. The Labute approximate surface area is 279 Å². The van der Waals surface area contributed by atoms with Crippen molar-refractivity contribution in [3.63, 3.8) is 0 Å². The van der Waals surface area contributed by atoms with Crippen molar-refractivity contribution in [2.75, 3.05) is 26.1 Å². The number of imidazole rings is 1. The monoisotopic (exact) mass is 736 g/mol. The fourth-order valence-corrected chi connectivity index (χ4v) is 7.06. The third-order valence-electron chi connectivity index (χ3n) is 7.39. The van der Waals surface area contributed by atoms with Gasteiger partial charge in [0.2, 0.25) is 11.8 Å². The Morgan fingerprint density at radius 1 is 1.21 bits per heavy atom. The highest BCUT2D eigenvalue weighted by Crippen LogP contribution is 2.49. The van der Waals surface area contributed by atoms with Gasteiger partial charge < -0.3 is 34.7 Å². The van der Waals surface area contributed by atoms with E-state index in [-0.39, 0.29) is 45.5 Å². The predicted octanol–water partition coefficient (Wildman–Crippen LogP) is 4.11. The maximum atomic E-state index is 14.4. The molecule has 0 aliphatic carbocycles. The maximum absolute atomic E-state index is 14.4. The highest BCUT2D eigenvalue weighted by molar-refractivity contribution is 9.10. The lowest BCUT2D eigenvalue weighted by Crippen LogP contribution is -2.44. The molecule has 1 fully saturated rings. The van der Waals surface area contributed by atoms with Crippen molar-refractivity contribution < 1.29 is 42.8 Å². The average molecular weight is 738 g/mol. The molecule has 15 nitrogen and oxygen atoms in total. The molecule has 3 heterocycles. The molecule has 5 rings (SSSR count). The lowest BCUT2D eigenvalue weighted by molar-refractivity contribution is -0.148. The first kappa shape index (κ1) is 35.0. The Morgan fingerprint density at radius 3 is 2.62 bits per heavy atom. The van der Waals surface area contributed by atoms with Gasteiger partial charge in [0, 0.05) is 5.39 Å². The van der Waals surface area contributed by atoms with Crippen LogP contribution in [0.15, 0.2) is 47.2 Å². The van der Waals surface area contributed by atoms with Crippen molar-refractivity contribution in [1.29, 1.82) is 0 Å². The van der Waals surface area contributed by atoms with Crippen molar-refractivity contribution in [3.8, 4) is 11.6 Å². The number of rotatable bonds is 11. The normalized spacial score (nSPS) is 23.5. The molecule has 6 atom stereocenters. The molecule has 0 amide bonds. The van der Waals surface area contributed by atoms with E-state index in [0.29, 0.717) is 5.39 Å². The van der Waals surface area contributed by atoms with E-state index >= 15 is 0 Å². The van der Waals surface area contributed by atoms with Gasteiger partial charge in [-0.25, -0.2) is 9.55 Å². The molecular formula is C30H38BrN6O9P. The number of hydrogen-bond donors (Lipinski definition) is 4. The summed E-state index contributed by atoms with van der Waals surface area (Å²) in [5, 5.41) is 26.9. The number of nitrogens with one attached hydrogen (secondary N) is 1. The summed E-state index contributed by atoms with van der Waals surface area (Å²) in [4.78, 5) is 25.5. The summed E-state index contributed by atoms with van der Waals surface area (Å²) in [7, 11) is -3.00. The molecule has 17 heteroatoms. The fourth-order valence-electron chi connectivity index (χ4n) is 5.01. The van der Waals surface area contributed by atoms with Crippen molar-refractivity contribution in [2.45, 2.75) is 64.7 Å². The standard InChI is InChI=1S/C30H38BrN6O9P/c1-16(25(39)43-15-29(2,3)4)36-47(41,46-19-13-9-11-17-10-7-8-12-18(17)19)44-14-20-22(38)30(5,40)26(45-20)37-23-21(33-27(37)31)24(42-6)35-28(32)34-23/h7-13,16,20,22,26,38,40H,14-15H2,1-6H3,(H,36,41)(H2,32,34,35). The van der Waals surface area contributed by atoms with Crippen LogP contribution in [0.1, 0.15) is 40.8 Å². The molecular weight excluding hydrogens is 699 g/mol. The number of carbonyl (C=O) groups is 1. The van der Waals surface area contributed by atoms with Gasteiger partial charge in [-0.1, -0.05) is 57.2 Å². The van der Waals surface area contributed by atoms with E-state index < -0.39 is 50.4 Å². The highest BCUT2D eigenvalue weighted by atomic mass is 79.9. The minimum absolute atomic E-state index is 0.0952. The van der Waals surface area contributed by atoms with Crippen LogP contribution in [-0.2, 0) is 23.4 Å². The summed E-state index contributed by atoms with van der Waals surface area (Å²) >= 11 is 3.36. The van der Waals surface area contributed by atoms with Gasteiger partial charge in [-0.2, -0.15) is 15.1 Å². The summed E-state index contributed by atoms with van der Waals surface area (Å²) in [5.74, 6) is -0.461. The number of hydrogen-bond acceptors (Lipinski definition) is 13. The van der Waals surface area contributed by atoms with Crippen LogP contribution in [0.5, 0.6) is 11.6 Å². The van der Waals surface area contributed by atoms with Gasteiger partial charge in [0.1, 0.15) is 29.6 Å². The number of benzene rings is 2. The number of aliphatic hydroxyl groups excluding tert-OH is 1. The minimum Gasteiger partial charge on any atom is -0.479 e. The van der Waals surface area contributed by atoms with Crippen LogP contribution in [-0.4, -0.2) is 79.9 Å². The third kappa shape index (κ3) is 7.38. The van der Waals surface area contributed by atoms with Crippen molar-refractivity contribution >= 4 is 57.5 Å². The zero-order valence-corrected chi connectivity index (χ0v) is 29.2. The Kier molecular flexibility index (Phi) is 9.86. The second-order valence-corrected chi connectivity index (χ2v) is 15.0. The number of nitrogen functional groups attached to an aromatic ring is 1. The topological polar surface area (TPSA) is 202 Å². The molecule has 2 aromatic heterocycles. The average Bonchev–Trinajstić information content (AvgIpc) is 3.44. The van der Waals surface area contributed by atoms with Gasteiger partial charge >= 0.3 is 13.7 Å². The summed E-state index contributed by atoms with van der Waals surface area (Å²) < 4.78 is 44.6. The molecule has 6 unspecified atom stereocenters. The van der Waals surface area contributed by atoms with E-state index in [1.165, 1.54) is 25.5 Å². The van der Waals surface area contributed by atoms with Crippen LogP contribution < -0.4 is 20.1 Å². The number of nitrogens with two attached hydrogens (primary N) is 1. The van der Waals surface area contributed by atoms with Gasteiger partial charge in [0.25, 0.3) is 0 Å². The fraction of sp³-hybridized carbons (Fsp3) is 0.467. The Bertz CT molecular complexity index is 1830. The Balaban J connectivity index is 1.42. The van der Waals surface area contributed by atoms with Crippen LogP contribution >= 0.6 is 23.7 Å². The Morgan fingerprint density at radius 2 is 1.91 bits per heavy atom. The number of fused-ring (bicyclic) bond motifs is 2. The predicted molar refractivity (Wildman–Crippen MR) is 176 cm³/mol. The highest BCUT2D eigenvalue weighted by Gasteiger charge is 2.55. The number of nitrogens with zero attached hydrogens (tertiary/aromatic N) is 4. The van der Waals surface area contributed by atoms with Crippen LogP contribution in [0.25, 0.3) is 21.9 Å². The van der Waals surface area contributed by atoms with Crippen molar-refractivity contribution in [1.82, 2.24) is 24.6 Å². The second-order valence-electron chi connectivity index (χ2n) is 12.6. The molecule has 47 heavy (non-hydrogen) atoms. The lowest BCUT2D eigenvalue weighted by Gasteiger charge is -2.28. The second kappa shape index (κ2) is 13.3. The quantitative estimate of drug-likeness (QED) is 0.0973. The molecule has 4 aromatic rings. The summed E-state index contributed by atoms with van der Waals surface area (Å²) in [6.45, 7) is 8.17. The van der Waals surface area contributed by atoms with Gasteiger partial charge in [0.05, 0.1) is 20.3 Å². The van der Waals surface area contributed by atoms with Gasteiger partial charge in [-0.15, -0.1) is 0 Å². The van der Waals surface area contributed by atoms with E-state index in [1.807, 2.05) is 39.0 Å². The van der Waals surface area contributed by atoms with Crippen molar-refractivity contribution in [2.24, 2.45) is 5.41 Å². The molecule has 1 aliphatic rings. The smallest absolute Gasteiger partial charge is 0.459 e. The lowest BCUT2D eigenvalue weighted by atomic mass is 9.96. The first-order valence-electron chi connectivity index (χ1n) is 14.7. The van der Waals surface area contributed by atoms with Crippen LogP contribution in [0.3, 0.4) is 0 Å². The number of esters is 1. The molecule has 2 aromatic carbocycles. The molecule has 0 saturated carbocycles. The van der Waals surface area contributed by atoms with Crippen LogP contribution in [0.2, 0.25) is 0 Å². The zero-order chi connectivity index (χ0) is 34.3. The van der Waals surface area contributed by atoms with Crippen molar-refractivity contribution in [3.05, 3.63) is 47.2 Å². The number of methoxy groups -OCH3 is 1. The van der Waals surface area contributed by atoms with Crippen LogP contribution in [0, 0.1) is 5.41 Å². The van der Waals surface area contributed by atoms with E-state index in [4.69, 9.17) is 29.0 Å². The molecule has 254 valence electrons. The SMILES string of the molecule is COc1nc(N)nc2c1nc(Br)n2C1OC(COP(=O)(NC(C)C(=O)OCC(C)(C)C)Oc2cccc3ccccc23)C(O)C1(C)O. The van der Waals surface area contributed by atoms with E-state index in [2.05, 4.69) is 36.0 Å². The summed E-state index contributed by atoms with van der Waals surface area (Å²) in [6, 6.07) is 11.4. The van der Waals surface area contributed by atoms with Gasteiger partial charge in [-0.3, -0.25) is 13.9 Å². The first-order valence-corrected chi connectivity index (χ1v) is 17.0. The molecule has 5 N–H and O–H groups in total. The molecule has 1 aliphatic heterocycles. The largest absolute Gasteiger partial charge is 0.479 e. The molecule has 0 spiro atoms. The summed E-state index contributed by atoms with van der Waals surface area (Å²) in [6.07, 6.45) is -4.07. The van der Waals surface area contributed by atoms with Crippen LogP contribution in [0.4, 0.5) is 5.95 Å². The zero-order valence-electron chi connectivity index (χ0n) is 26.7. The number of carbonyl (C=O) groups excluding carboxylic acids is 1. The Hall–Kier alpha value is -3.37. The maximum Gasteiger partial charge on any atom is 0.459 e. The van der Waals surface area contributed by atoms with E-state index in [9.17, 15) is 19.6 Å². The number of aromatic nitrogens is 4. The number of halogens is 1. The van der Waals surface area contributed by atoms with Gasteiger partial charge in [0.15, 0.2) is 22.1 Å². The number of ether oxygens (including phenoxy) is 3. The number of anilines is 1. The minimum atomic E-state index is -4.39. The molecule has 1 saturated heterocycles. The molecule has 0 radical (unpaired) electrons. The summed E-state index contributed by atoms with van der Waals surface area (Å²) in [5.41, 5.74) is 4.04. The number of aliphatic hydroxyl groups is 2. The van der Waals surface area contributed by atoms with Gasteiger partial charge in [-0.05, 0) is 46.6 Å². The van der Waals surface area contributed by atoms with E-state index in [0.717, 1.165) is 5.39 Å².